The number of fused-ring (bicyclic) bond motifs is 6. The first-order valence-corrected chi connectivity index (χ1v) is 18.9. The summed E-state index contributed by atoms with van der Waals surface area (Å²) in [5.74, 6) is 1.89. The quantitative estimate of drug-likeness (QED) is 0.172. The fraction of sp³-hybridized carbons (Fsp3) is 0. The van der Waals surface area contributed by atoms with Crippen LogP contribution in [0.2, 0.25) is 0 Å². The molecule has 262 valence electrons. The molecule has 0 aliphatic carbocycles. The molecule has 5 heteroatoms. The Hall–Kier alpha value is -7.63. The van der Waals surface area contributed by atoms with E-state index < -0.39 is 0 Å². The van der Waals surface area contributed by atoms with Crippen LogP contribution in [-0.4, -0.2) is 24.1 Å². The van der Waals surface area contributed by atoms with Crippen molar-refractivity contribution in [2.75, 3.05) is 0 Å². The molecule has 0 spiro atoms. The molecule has 0 fully saturated rings. The zero-order valence-electron chi connectivity index (χ0n) is 30.3. The smallest absolute Gasteiger partial charge is 0.164 e. The first-order valence-electron chi connectivity index (χ1n) is 18.9. The maximum Gasteiger partial charge on any atom is 0.164 e. The van der Waals surface area contributed by atoms with Crippen molar-refractivity contribution >= 4 is 43.6 Å². The molecule has 0 aliphatic rings. The number of para-hydroxylation sites is 4. The van der Waals surface area contributed by atoms with Gasteiger partial charge in [0.2, 0.25) is 0 Å². The van der Waals surface area contributed by atoms with Crippen LogP contribution in [0.4, 0.5) is 0 Å². The predicted octanol–water partition coefficient (Wildman–Crippen LogP) is 12.7. The van der Waals surface area contributed by atoms with E-state index >= 15 is 0 Å². The first kappa shape index (κ1) is 31.9. The van der Waals surface area contributed by atoms with Gasteiger partial charge in [0.05, 0.1) is 27.8 Å². The number of rotatable bonds is 6. The van der Waals surface area contributed by atoms with Crippen LogP contribution in [0.1, 0.15) is 0 Å². The van der Waals surface area contributed by atoms with Gasteiger partial charge >= 0.3 is 0 Å². The SMILES string of the molecule is c1ccc(-c2nc(-c3ccccc3)nc(-c3ccc(-c4cccc(-n5c6ccccc6c6ccccc65)c4)c(-n4c5ccccc5c5ccccc54)c3)n2)cc1. The number of aromatic nitrogens is 5. The van der Waals surface area contributed by atoms with Gasteiger partial charge < -0.3 is 9.13 Å². The zero-order chi connectivity index (χ0) is 37.0. The Morgan fingerprint density at radius 3 is 1.20 bits per heavy atom. The van der Waals surface area contributed by atoms with Crippen molar-refractivity contribution in [1.29, 1.82) is 0 Å². The van der Waals surface area contributed by atoms with E-state index in [0.717, 1.165) is 50.2 Å². The third kappa shape index (κ3) is 5.21. The van der Waals surface area contributed by atoms with Crippen molar-refractivity contribution in [2.45, 2.75) is 0 Å². The lowest BCUT2D eigenvalue weighted by molar-refractivity contribution is 1.07. The minimum Gasteiger partial charge on any atom is -0.309 e. The van der Waals surface area contributed by atoms with Gasteiger partial charge in [0, 0.05) is 49.5 Å². The molecule has 11 rings (SSSR count). The van der Waals surface area contributed by atoms with Crippen LogP contribution < -0.4 is 0 Å². The molecule has 0 saturated heterocycles. The highest BCUT2D eigenvalue weighted by molar-refractivity contribution is 6.10. The summed E-state index contributed by atoms with van der Waals surface area (Å²) in [5.41, 5.74) is 11.8. The lowest BCUT2D eigenvalue weighted by atomic mass is 9.99. The summed E-state index contributed by atoms with van der Waals surface area (Å²) in [5, 5.41) is 4.89. The summed E-state index contributed by atoms with van der Waals surface area (Å²) < 4.78 is 4.78. The molecule has 0 bridgehead atoms. The molecule has 3 heterocycles. The van der Waals surface area contributed by atoms with E-state index in [4.69, 9.17) is 15.0 Å². The van der Waals surface area contributed by atoms with Gasteiger partial charge in [-0.15, -0.1) is 0 Å². The van der Waals surface area contributed by atoms with Crippen LogP contribution in [0.3, 0.4) is 0 Å². The van der Waals surface area contributed by atoms with Crippen molar-refractivity contribution in [3.8, 4) is 56.7 Å². The summed E-state index contributed by atoms with van der Waals surface area (Å²) >= 11 is 0. The summed E-state index contributed by atoms with van der Waals surface area (Å²) in [6.45, 7) is 0. The minimum atomic E-state index is 0.616. The van der Waals surface area contributed by atoms with E-state index in [1.54, 1.807) is 0 Å². The van der Waals surface area contributed by atoms with E-state index in [2.05, 4.69) is 149 Å². The van der Waals surface area contributed by atoms with Gasteiger partial charge in [0.25, 0.3) is 0 Å². The second-order valence-corrected chi connectivity index (χ2v) is 14.1. The van der Waals surface area contributed by atoms with Crippen molar-refractivity contribution < 1.29 is 0 Å². The van der Waals surface area contributed by atoms with Gasteiger partial charge in [0.1, 0.15) is 0 Å². The Bertz CT molecular complexity index is 3090. The second-order valence-electron chi connectivity index (χ2n) is 14.1. The molecule has 0 saturated carbocycles. The molecule has 0 atom stereocenters. The molecule has 5 nitrogen and oxygen atoms in total. The fourth-order valence-electron chi connectivity index (χ4n) is 8.23. The normalized spacial score (nSPS) is 11.6. The van der Waals surface area contributed by atoms with E-state index in [1.807, 2.05) is 60.7 Å². The van der Waals surface area contributed by atoms with Gasteiger partial charge in [-0.05, 0) is 48.0 Å². The molecule has 0 aliphatic heterocycles. The third-order valence-electron chi connectivity index (χ3n) is 10.8. The highest BCUT2D eigenvalue weighted by Crippen LogP contribution is 2.40. The average Bonchev–Trinajstić information content (AvgIpc) is 3.80. The molecule has 0 amide bonds. The Labute approximate surface area is 323 Å². The van der Waals surface area contributed by atoms with Crippen LogP contribution in [0, 0.1) is 0 Å². The van der Waals surface area contributed by atoms with Crippen molar-refractivity contribution in [1.82, 2.24) is 24.1 Å². The largest absolute Gasteiger partial charge is 0.309 e. The van der Waals surface area contributed by atoms with Crippen LogP contribution in [0.25, 0.3) is 100 Å². The molecule has 11 aromatic rings. The van der Waals surface area contributed by atoms with Crippen LogP contribution >= 0.6 is 0 Å². The molecule has 0 radical (unpaired) electrons. The Morgan fingerprint density at radius 1 is 0.286 bits per heavy atom. The van der Waals surface area contributed by atoms with E-state index in [9.17, 15) is 0 Å². The maximum absolute atomic E-state index is 5.12. The standard InChI is InChI=1S/C51H33N5/c1-3-16-34(17-4-1)49-52-50(35-18-5-2-6-19-35)54-51(53-49)37-30-31-39(48(33-37)56-46-28-13-9-24-42(46)43-25-10-14-29-47(43)56)36-20-15-21-38(32-36)55-44-26-11-7-22-40(44)41-23-8-12-27-45(41)55/h1-33H. The van der Waals surface area contributed by atoms with Gasteiger partial charge in [-0.1, -0.05) is 158 Å². The van der Waals surface area contributed by atoms with Crippen LogP contribution in [0.15, 0.2) is 200 Å². The topological polar surface area (TPSA) is 48.5 Å². The minimum absolute atomic E-state index is 0.616. The zero-order valence-corrected chi connectivity index (χ0v) is 30.3. The summed E-state index contributed by atoms with van der Waals surface area (Å²) in [6.07, 6.45) is 0. The van der Waals surface area contributed by atoms with E-state index in [1.165, 1.54) is 32.6 Å². The van der Waals surface area contributed by atoms with E-state index in [-0.39, 0.29) is 0 Å². The van der Waals surface area contributed by atoms with Gasteiger partial charge in [-0.25, -0.2) is 15.0 Å². The fourth-order valence-corrected chi connectivity index (χ4v) is 8.23. The third-order valence-corrected chi connectivity index (χ3v) is 10.8. The lowest BCUT2D eigenvalue weighted by Crippen LogP contribution is -2.02. The summed E-state index contributed by atoms with van der Waals surface area (Å²) in [7, 11) is 0. The van der Waals surface area contributed by atoms with Crippen molar-refractivity contribution in [2.24, 2.45) is 0 Å². The molecule has 0 N–H and O–H groups in total. The Balaban J connectivity index is 1.17. The molecule has 56 heavy (non-hydrogen) atoms. The second kappa shape index (κ2) is 13.0. The number of nitrogens with zero attached hydrogens (tertiary/aromatic N) is 5. The average molecular weight is 716 g/mol. The molecule has 3 aromatic heterocycles. The summed E-state index contributed by atoms with van der Waals surface area (Å²) in [4.78, 5) is 15.2. The number of hydrogen-bond acceptors (Lipinski definition) is 3. The van der Waals surface area contributed by atoms with Gasteiger partial charge in [-0.3, -0.25) is 0 Å². The van der Waals surface area contributed by atoms with Crippen molar-refractivity contribution in [3.63, 3.8) is 0 Å². The predicted molar refractivity (Wildman–Crippen MR) is 230 cm³/mol. The van der Waals surface area contributed by atoms with Gasteiger partial charge in [0.15, 0.2) is 17.5 Å². The number of benzene rings is 8. The van der Waals surface area contributed by atoms with Crippen LogP contribution in [0.5, 0.6) is 0 Å². The molecular formula is C51H33N5. The lowest BCUT2D eigenvalue weighted by Gasteiger charge is -2.17. The molecule has 0 unspecified atom stereocenters. The monoisotopic (exact) mass is 715 g/mol. The first-order chi connectivity index (χ1) is 27.8. The van der Waals surface area contributed by atoms with Gasteiger partial charge in [-0.2, -0.15) is 0 Å². The Kier molecular flexibility index (Phi) is 7.42. The Morgan fingerprint density at radius 2 is 0.696 bits per heavy atom. The summed E-state index contributed by atoms with van der Waals surface area (Å²) in [6, 6.07) is 70.5. The highest BCUT2D eigenvalue weighted by atomic mass is 15.0. The molecule has 8 aromatic carbocycles. The number of hydrogen-bond donors (Lipinski definition) is 0. The van der Waals surface area contributed by atoms with Crippen LogP contribution in [-0.2, 0) is 0 Å². The highest BCUT2D eigenvalue weighted by Gasteiger charge is 2.20. The maximum atomic E-state index is 5.12. The van der Waals surface area contributed by atoms with Crippen molar-refractivity contribution in [3.05, 3.63) is 200 Å². The van der Waals surface area contributed by atoms with E-state index in [0.29, 0.717) is 17.5 Å². The molecular weight excluding hydrogens is 683 g/mol.